The van der Waals surface area contributed by atoms with Gasteiger partial charge in [-0.25, -0.2) is 9.97 Å². The summed E-state index contributed by atoms with van der Waals surface area (Å²) in [7, 11) is 2.00. The van der Waals surface area contributed by atoms with Crippen LogP contribution in [0.1, 0.15) is 22.6 Å². The van der Waals surface area contributed by atoms with E-state index in [1.165, 1.54) is 0 Å². The van der Waals surface area contributed by atoms with Gasteiger partial charge in [-0.3, -0.25) is 4.90 Å². The fourth-order valence-corrected chi connectivity index (χ4v) is 3.00. The van der Waals surface area contributed by atoms with E-state index in [-0.39, 0.29) is 0 Å². The summed E-state index contributed by atoms with van der Waals surface area (Å²) < 4.78 is 37.8. The van der Waals surface area contributed by atoms with Gasteiger partial charge in [0.25, 0.3) is 0 Å². The van der Waals surface area contributed by atoms with Gasteiger partial charge < -0.3 is 4.90 Å². The Morgan fingerprint density at radius 2 is 1.76 bits per heavy atom. The zero-order valence-electron chi connectivity index (χ0n) is 14.5. The molecule has 2 aromatic rings. The number of nitrogens with zero attached hydrogens (tertiary/aromatic N) is 4. The van der Waals surface area contributed by atoms with Crippen LogP contribution < -0.4 is 4.90 Å². The second-order valence-corrected chi connectivity index (χ2v) is 6.58. The summed E-state index contributed by atoms with van der Waals surface area (Å²) in [5.74, 6) is 1.70. The number of aromatic nitrogens is 2. The summed E-state index contributed by atoms with van der Waals surface area (Å²) in [6, 6.07) is 7.71. The number of hydrogen-bond acceptors (Lipinski definition) is 4. The molecule has 7 heteroatoms. The lowest BCUT2D eigenvalue weighted by Crippen LogP contribution is -2.58. The van der Waals surface area contributed by atoms with E-state index < -0.39 is 11.7 Å². The lowest BCUT2D eigenvalue weighted by molar-refractivity contribution is -0.137. The third kappa shape index (κ3) is 4.10. The first-order valence-electron chi connectivity index (χ1n) is 8.16. The molecule has 0 N–H and O–H groups in total. The predicted octanol–water partition coefficient (Wildman–Crippen LogP) is 3.43. The molecule has 0 spiro atoms. The van der Waals surface area contributed by atoms with E-state index in [1.54, 1.807) is 12.1 Å². The average molecular weight is 350 g/mol. The summed E-state index contributed by atoms with van der Waals surface area (Å²) in [4.78, 5) is 13.1. The molecular weight excluding hydrogens is 329 g/mol. The van der Waals surface area contributed by atoms with E-state index in [4.69, 9.17) is 0 Å². The van der Waals surface area contributed by atoms with Crippen molar-refractivity contribution in [2.24, 2.45) is 0 Å². The van der Waals surface area contributed by atoms with E-state index >= 15 is 0 Å². The Hall–Kier alpha value is -2.15. The molecule has 0 saturated carbocycles. The van der Waals surface area contributed by atoms with E-state index in [0.717, 1.165) is 48.1 Å². The summed E-state index contributed by atoms with van der Waals surface area (Å²) in [6.07, 6.45) is -4.29. The number of likely N-dealkylation sites (N-methyl/N-ethyl adjacent to an activating group) is 1. The highest BCUT2D eigenvalue weighted by molar-refractivity contribution is 5.43. The largest absolute Gasteiger partial charge is 0.416 e. The van der Waals surface area contributed by atoms with E-state index in [1.807, 2.05) is 27.0 Å². The van der Waals surface area contributed by atoms with Crippen molar-refractivity contribution in [1.82, 2.24) is 14.9 Å². The SMILES string of the molecule is Cc1cc(N2CC(N(C)Cc3ccc(C(F)(F)F)cc3)C2)nc(C)n1. The highest BCUT2D eigenvalue weighted by atomic mass is 19.4. The lowest BCUT2D eigenvalue weighted by atomic mass is 10.1. The predicted molar refractivity (Wildman–Crippen MR) is 90.4 cm³/mol. The molecule has 1 aliphatic rings. The Bertz CT molecular complexity index is 717. The minimum atomic E-state index is -4.29. The van der Waals surface area contributed by atoms with Gasteiger partial charge in [0, 0.05) is 37.4 Å². The zero-order chi connectivity index (χ0) is 18.2. The molecule has 0 aliphatic carbocycles. The molecule has 3 rings (SSSR count). The Labute approximate surface area is 145 Å². The minimum absolute atomic E-state index is 0.359. The van der Waals surface area contributed by atoms with Crippen molar-refractivity contribution in [3.63, 3.8) is 0 Å². The van der Waals surface area contributed by atoms with E-state index in [0.29, 0.717) is 12.6 Å². The molecule has 1 aromatic heterocycles. The number of halogens is 3. The average Bonchev–Trinajstić information content (AvgIpc) is 2.44. The first kappa shape index (κ1) is 17.7. The fraction of sp³-hybridized carbons (Fsp3) is 0.444. The molecule has 0 atom stereocenters. The molecule has 4 nitrogen and oxygen atoms in total. The summed E-state index contributed by atoms with van der Waals surface area (Å²) in [5, 5.41) is 0. The first-order chi connectivity index (χ1) is 11.7. The molecule has 1 aromatic carbocycles. The quantitative estimate of drug-likeness (QED) is 0.846. The molecule has 1 fully saturated rings. The van der Waals surface area contributed by atoms with E-state index in [9.17, 15) is 13.2 Å². The first-order valence-corrected chi connectivity index (χ1v) is 8.16. The van der Waals surface area contributed by atoms with E-state index in [2.05, 4.69) is 19.8 Å². The van der Waals surface area contributed by atoms with Crippen LogP contribution in [0.3, 0.4) is 0 Å². The molecule has 1 saturated heterocycles. The maximum atomic E-state index is 12.6. The molecule has 0 bridgehead atoms. The van der Waals surface area contributed by atoms with Gasteiger partial charge in [-0.05, 0) is 38.6 Å². The molecular formula is C18H21F3N4. The Morgan fingerprint density at radius 1 is 1.12 bits per heavy atom. The zero-order valence-corrected chi connectivity index (χ0v) is 14.5. The van der Waals surface area contributed by atoms with Gasteiger partial charge in [-0.2, -0.15) is 13.2 Å². The maximum absolute atomic E-state index is 12.6. The van der Waals surface area contributed by atoms with Crippen molar-refractivity contribution in [2.75, 3.05) is 25.0 Å². The van der Waals surface area contributed by atoms with Crippen molar-refractivity contribution in [2.45, 2.75) is 32.6 Å². The smallest absolute Gasteiger partial charge is 0.353 e. The second kappa shape index (κ2) is 6.63. The summed E-state index contributed by atoms with van der Waals surface area (Å²) >= 11 is 0. The van der Waals surface area contributed by atoms with Crippen LogP contribution in [0.15, 0.2) is 30.3 Å². The van der Waals surface area contributed by atoms with Crippen LogP contribution in [-0.2, 0) is 12.7 Å². The molecule has 0 amide bonds. The highest BCUT2D eigenvalue weighted by Crippen LogP contribution is 2.29. The van der Waals surface area contributed by atoms with Crippen LogP contribution in [0.5, 0.6) is 0 Å². The number of rotatable bonds is 4. The van der Waals surface area contributed by atoms with Crippen molar-refractivity contribution >= 4 is 5.82 Å². The standard InChI is InChI=1S/C18H21F3N4/c1-12-8-17(23-13(2)22-12)25-10-16(11-25)24(3)9-14-4-6-15(7-5-14)18(19,20)21/h4-8,16H,9-11H2,1-3H3. The van der Waals surface area contributed by atoms with Crippen LogP contribution in [0.25, 0.3) is 0 Å². The number of aryl methyl sites for hydroxylation is 2. The Kier molecular flexibility index (Phi) is 4.69. The highest BCUT2D eigenvalue weighted by Gasteiger charge is 2.32. The van der Waals surface area contributed by atoms with Crippen molar-refractivity contribution in [3.8, 4) is 0 Å². The third-order valence-corrected chi connectivity index (χ3v) is 4.48. The summed E-state index contributed by atoms with van der Waals surface area (Å²) in [5.41, 5.74) is 1.22. The van der Waals surface area contributed by atoms with Gasteiger partial charge in [-0.15, -0.1) is 0 Å². The van der Waals surface area contributed by atoms with Gasteiger partial charge in [-0.1, -0.05) is 12.1 Å². The summed E-state index contributed by atoms with van der Waals surface area (Å²) in [6.45, 7) is 6.16. The van der Waals surface area contributed by atoms with Crippen LogP contribution >= 0.6 is 0 Å². The number of hydrogen-bond donors (Lipinski definition) is 0. The molecule has 0 unspecified atom stereocenters. The van der Waals surface area contributed by atoms with Crippen LogP contribution in [0.2, 0.25) is 0 Å². The number of benzene rings is 1. The lowest BCUT2D eigenvalue weighted by Gasteiger charge is -2.44. The molecule has 25 heavy (non-hydrogen) atoms. The number of alkyl halides is 3. The second-order valence-electron chi connectivity index (χ2n) is 6.58. The van der Waals surface area contributed by atoms with Crippen molar-refractivity contribution < 1.29 is 13.2 Å². The Morgan fingerprint density at radius 3 is 2.32 bits per heavy atom. The third-order valence-electron chi connectivity index (χ3n) is 4.48. The Balaban J connectivity index is 1.56. The number of anilines is 1. The van der Waals surface area contributed by atoms with Crippen LogP contribution in [0, 0.1) is 13.8 Å². The topological polar surface area (TPSA) is 32.3 Å². The van der Waals surface area contributed by atoms with Crippen molar-refractivity contribution in [3.05, 3.63) is 53.0 Å². The van der Waals surface area contributed by atoms with Gasteiger partial charge in [0.15, 0.2) is 0 Å². The molecule has 0 radical (unpaired) electrons. The van der Waals surface area contributed by atoms with Gasteiger partial charge in [0.1, 0.15) is 11.6 Å². The maximum Gasteiger partial charge on any atom is 0.416 e. The normalized spacial score (nSPS) is 15.6. The van der Waals surface area contributed by atoms with Gasteiger partial charge >= 0.3 is 6.18 Å². The molecule has 134 valence electrons. The minimum Gasteiger partial charge on any atom is -0.353 e. The monoisotopic (exact) mass is 350 g/mol. The molecule has 2 heterocycles. The molecule has 1 aliphatic heterocycles. The van der Waals surface area contributed by atoms with Crippen LogP contribution in [0.4, 0.5) is 19.0 Å². The fourth-order valence-electron chi connectivity index (χ4n) is 3.00. The van der Waals surface area contributed by atoms with Crippen LogP contribution in [-0.4, -0.2) is 41.0 Å². The van der Waals surface area contributed by atoms with Gasteiger partial charge in [0.2, 0.25) is 0 Å². The van der Waals surface area contributed by atoms with Crippen molar-refractivity contribution in [1.29, 1.82) is 0 Å². The van der Waals surface area contributed by atoms with Gasteiger partial charge in [0.05, 0.1) is 5.56 Å².